The standard InChI is InChI=1S/C17H22N6O2/c1-13-10-18-16-9-15(20-12-23(13)16)21-4-6-22(7-5-21)17(24)19-11-14-3-2-8-25-14/h2-3,8-9,12-13H,4-7,10-11H2,1H3,(H,19,24). The summed E-state index contributed by atoms with van der Waals surface area (Å²) in [6, 6.07) is 3.99. The third kappa shape index (κ3) is 3.24. The Morgan fingerprint density at radius 2 is 2.20 bits per heavy atom. The molecule has 1 unspecified atom stereocenters. The molecule has 0 bridgehead atoms. The Balaban J connectivity index is 1.29. The molecule has 1 N–H and O–H groups in total. The lowest BCUT2D eigenvalue weighted by atomic mass is 10.3. The summed E-state index contributed by atoms with van der Waals surface area (Å²) in [6.07, 6.45) is 5.51. The van der Waals surface area contributed by atoms with Crippen molar-refractivity contribution in [2.75, 3.05) is 32.7 Å². The zero-order valence-corrected chi connectivity index (χ0v) is 14.3. The van der Waals surface area contributed by atoms with Crippen molar-refractivity contribution in [2.45, 2.75) is 19.5 Å². The zero-order chi connectivity index (χ0) is 17.2. The number of amides is 2. The van der Waals surface area contributed by atoms with E-state index in [1.54, 1.807) is 6.26 Å². The van der Waals surface area contributed by atoms with Crippen LogP contribution in [0.5, 0.6) is 0 Å². The fraction of sp³-hybridized carbons (Fsp3) is 0.471. The van der Waals surface area contributed by atoms with Gasteiger partial charge in [-0.15, -0.1) is 0 Å². The first-order valence-corrected chi connectivity index (χ1v) is 8.59. The van der Waals surface area contributed by atoms with Crippen molar-refractivity contribution >= 4 is 18.2 Å². The Labute approximate surface area is 146 Å². The van der Waals surface area contributed by atoms with E-state index in [0.29, 0.717) is 25.7 Å². The SMILES string of the molecule is CC1CN=C2C=C(N3CCN(C(=O)NCc4ccco4)CC3)N=CN21. The minimum Gasteiger partial charge on any atom is -0.467 e. The molecule has 1 aromatic heterocycles. The third-order valence-electron chi connectivity index (χ3n) is 4.71. The molecule has 3 aliphatic rings. The molecule has 1 atom stereocenters. The Morgan fingerprint density at radius 3 is 2.96 bits per heavy atom. The van der Waals surface area contributed by atoms with Gasteiger partial charge in [0.05, 0.1) is 31.7 Å². The molecule has 132 valence electrons. The summed E-state index contributed by atoms with van der Waals surface area (Å²) in [5.74, 6) is 2.67. The van der Waals surface area contributed by atoms with Crippen LogP contribution in [0.1, 0.15) is 12.7 Å². The Hall–Kier alpha value is -2.77. The van der Waals surface area contributed by atoms with E-state index in [0.717, 1.165) is 37.1 Å². The molecule has 0 radical (unpaired) electrons. The van der Waals surface area contributed by atoms with E-state index < -0.39 is 0 Å². The minimum atomic E-state index is -0.0580. The number of piperazine rings is 1. The molecule has 0 aromatic carbocycles. The number of carbonyl (C=O) groups excluding carboxylic acids is 1. The van der Waals surface area contributed by atoms with Crippen LogP contribution in [0.3, 0.4) is 0 Å². The lowest BCUT2D eigenvalue weighted by molar-refractivity contribution is 0.155. The average molecular weight is 342 g/mol. The van der Waals surface area contributed by atoms with Crippen LogP contribution in [0.4, 0.5) is 4.79 Å². The van der Waals surface area contributed by atoms with Gasteiger partial charge in [0.15, 0.2) is 0 Å². The molecule has 8 nitrogen and oxygen atoms in total. The second kappa shape index (κ2) is 6.62. The maximum Gasteiger partial charge on any atom is 0.317 e. The van der Waals surface area contributed by atoms with Gasteiger partial charge in [-0.2, -0.15) is 0 Å². The predicted octanol–water partition coefficient (Wildman–Crippen LogP) is 1.09. The highest BCUT2D eigenvalue weighted by Gasteiger charge is 2.27. The Morgan fingerprint density at radius 1 is 1.36 bits per heavy atom. The molecular weight excluding hydrogens is 320 g/mol. The number of urea groups is 1. The molecule has 0 spiro atoms. The fourth-order valence-electron chi connectivity index (χ4n) is 3.19. The quantitative estimate of drug-likeness (QED) is 0.892. The van der Waals surface area contributed by atoms with Gasteiger partial charge in [-0.25, -0.2) is 9.79 Å². The highest BCUT2D eigenvalue weighted by molar-refractivity contribution is 6.03. The average Bonchev–Trinajstić information content (AvgIpc) is 3.30. The number of aliphatic imine (C=N–C) groups is 2. The molecule has 2 amide bonds. The summed E-state index contributed by atoms with van der Waals surface area (Å²) in [6.45, 7) is 6.23. The predicted molar refractivity (Wildman–Crippen MR) is 94.3 cm³/mol. The van der Waals surface area contributed by atoms with Gasteiger partial charge < -0.3 is 24.4 Å². The summed E-state index contributed by atoms with van der Waals surface area (Å²) < 4.78 is 5.23. The first kappa shape index (κ1) is 15.7. The number of hydrogen-bond donors (Lipinski definition) is 1. The molecule has 25 heavy (non-hydrogen) atoms. The van der Waals surface area contributed by atoms with E-state index in [9.17, 15) is 4.79 Å². The fourth-order valence-corrected chi connectivity index (χ4v) is 3.19. The van der Waals surface area contributed by atoms with Crippen molar-refractivity contribution in [1.29, 1.82) is 0 Å². The molecule has 4 rings (SSSR count). The van der Waals surface area contributed by atoms with Crippen molar-refractivity contribution < 1.29 is 9.21 Å². The number of hydrogen-bond acceptors (Lipinski definition) is 6. The van der Waals surface area contributed by atoms with Crippen LogP contribution in [0.25, 0.3) is 0 Å². The molecule has 0 aliphatic carbocycles. The lowest BCUT2D eigenvalue weighted by Crippen LogP contribution is -2.51. The van der Waals surface area contributed by atoms with Crippen molar-refractivity contribution in [3.05, 3.63) is 36.1 Å². The van der Waals surface area contributed by atoms with Crippen molar-refractivity contribution in [1.82, 2.24) is 20.0 Å². The van der Waals surface area contributed by atoms with Gasteiger partial charge in [0, 0.05) is 32.3 Å². The van der Waals surface area contributed by atoms with Gasteiger partial charge in [0.2, 0.25) is 0 Å². The van der Waals surface area contributed by atoms with Crippen LogP contribution in [-0.2, 0) is 6.54 Å². The Kier molecular flexibility index (Phi) is 4.17. The molecular formula is C17H22N6O2. The summed E-state index contributed by atoms with van der Waals surface area (Å²) in [7, 11) is 0. The zero-order valence-electron chi connectivity index (χ0n) is 14.3. The van der Waals surface area contributed by atoms with E-state index in [1.807, 2.05) is 29.4 Å². The van der Waals surface area contributed by atoms with Gasteiger partial charge in [-0.1, -0.05) is 0 Å². The second-order valence-corrected chi connectivity index (χ2v) is 6.41. The van der Waals surface area contributed by atoms with Crippen molar-refractivity contribution in [2.24, 2.45) is 9.98 Å². The van der Waals surface area contributed by atoms with E-state index >= 15 is 0 Å². The Bertz CT molecular complexity index is 716. The number of carbonyl (C=O) groups is 1. The van der Waals surface area contributed by atoms with Gasteiger partial charge in [-0.05, 0) is 19.1 Å². The van der Waals surface area contributed by atoms with E-state index in [2.05, 4.69) is 32.0 Å². The smallest absolute Gasteiger partial charge is 0.317 e. The molecule has 4 heterocycles. The minimum absolute atomic E-state index is 0.0580. The van der Waals surface area contributed by atoms with E-state index in [1.165, 1.54) is 0 Å². The van der Waals surface area contributed by atoms with Crippen LogP contribution in [0, 0.1) is 0 Å². The number of fused-ring (bicyclic) bond motifs is 1. The van der Waals surface area contributed by atoms with Crippen LogP contribution < -0.4 is 5.32 Å². The largest absolute Gasteiger partial charge is 0.467 e. The molecule has 1 fully saturated rings. The van der Waals surface area contributed by atoms with Crippen LogP contribution >= 0.6 is 0 Å². The summed E-state index contributed by atoms with van der Waals surface area (Å²) in [4.78, 5) is 27.5. The van der Waals surface area contributed by atoms with Gasteiger partial charge >= 0.3 is 6.03 Å². The number of furan rings is 1. The maximum absolute atomic E-state index is 12.2. The first-order chi connectivity index (χ1) is 12.2. The van der Waals surface area contributed by atoms with E-state index in [-0.39, 0.29) is 6.03 Å². The summed E-state index contributed by atoms with van der Waals surface area (Å²) in [5.41, 5.74) is 0. The summed E-state index contributed by atoms with van der Waals surface area (Å²) in [5, 5.41) is 2.89. The lowest BCUT2D eigenvalue weighted by Gasteiger charge is -2.37. The molecule has 1 saturated heterocycles. The molecule has 1 aromatic rings. The van der Waals surface area contributed by atoms with Crippen LogP contribution in [0.2, 0.25) is 0 Å². The second-order valence-electron chi connectivity index (χ2n) is 6.41. The normalized spacial score (nSPS) is 22.6. The number of rotatable bonds is 3. The van der Waals surface area contributed by atoms with Gasteiger partial charge in [0.25, 0.3) is 0 Å². The molecule has 0 saturated carbocycles. The number of nitrogens with one attached hydrogen (secondary N) is 1. The third-order valence-corrected chi connectivity index (χ3v) is 4.71. The van der Waals surface area contributed by atoms with E-state index in [4.69, 9.17) is 4.42 Å². The van der Waals surface area contributed by atoms with Crippen LogP contribution in [-0.4, -0.2) is 71.7 Å². The number of nitrogens with zero attached hydrogens (tertiary/aromatic N) is 5. The topological polar surface area (TPSA) is 76.7 Å². The maximum atomic E-state index is 12.2. The van der Waals surface area contributed by atoms with Crippen molar-refractivity contribution in [3.8, 4) is 0 Å². The highest BCUT2D eigenvalue weighted by atomic mass is 16.3. The van der Waals surface area contributed by atoms with Gasteiger partial charge in [-0.3, -0.25) is 4.99 Å². The molecule has 8 heteroatoms. The van der Waals surface area contributed by atoms with Crippen molar-refractivity contribution in [3.63, 3.8) is 0 Å². The highest BCUT2D eigenvalue weighted by Crippen LogP contribution is 2.19. The monoisotopic (exact) mass is 342 g/mol. The first-order valence-electron chi connectivity index (χ1n) is 8.59. The molecule has 3 aliphatic heterocycles. The number of amidine groups is 1. The van der Waals surface area contributed by atoms with Crippen LogP contribution in [0.15, 0.2) is 44.7 Å². The van der Waals surface area contributed by atoms with Gasteiger partial charge in [0.1, 0.15) is 17.4 Å². The summed E-state index contributed by atoms with van der Waals surface area (Å²) >= 11 is 0.